The van der Waals surface area contributed by atoms with Crippen molar-refractivity contribution in [2.45, 2.75) is 57.0 Å². The van der Waals surface area contributed by atoms with Crippen LogP contribution < -0.4 is 4.90 Å². The summed E-state index contributed by atoms with van der Waals surface area (Å²) in [4.78, 5) is 6.66. The smallest absolute Gasteiger partial charge is 0.266 e. The molecule has 0 radical (unpaired) electrons. The summed E-state index contributed by atoms with van der Waals surface area (Å²) in [5.41, 5.74) is 0. The predicted molar refractivity (Wildman–Crippen MR) is 67.6 cm³/mol. The van der Waals surface area contributed by atoms with Gasteiger partial charge in [0.2, 0.25) is 5.89 Å². The van der Waals surface area contributed by atoms with Crippen LogP contribution in [0.4, 0.5) is 5.95 Å². The summed E-state index contributed by atoms with van der Waals surface area (Å²) < 4.78 is 5.38. The first kappa shape index (κ1) is 12.0. The van der Waals surface area contributed by atoms with E-state index in [9.17, 15) is 5.11 Å². The van der Waals surface area contributed by atoms with E-state index in [0.29, 0.717) is 11.8 Å². The van der Waals surface area contributed by atoms with Crippen LogP contribution in [0.15, 0.2) is 4.52 Å². The van der Waals surface area contributed by atoms with Crippen LogP contribution in [0.2, 0.25) is 0 Å². The molecule has 1 saturated heterocycles. The number of nitrogens with zero attached hydrogens (tertiary/aromatic N) is 3. The normalized spacial score (nSPS) is 29.5. The van der Waals surface area contributed by atoms with E-state index >= 15 is 0 Å². The number of aromatic nitrogens is 2. The molecule has 1 N–H and O–H groups in total. The fraction of sp³-hybridized carbons (Fsp3) is 0.846. The standard InChI is InChI=1S/C13H21N3O2/c17-11-7-3-1-2-6-10(11)12-14-13(15-18-12)16-8-4-5-9-16/h10-11,17H,1-9H2. The molecule has 3 rings (SSSR count). The van der Waals surface area contributed by atoms with Crippen molar-refractivity contribution < 1.29 is 9.63 Å². The van der Waals surface area contributed by atoms with E-state index in [-0.39, 0.29) is 12.0 Å². The number of aliphatic hydroxyl groups excluding tert-OH is 1. The Kier molecular flexibility index (Phi) is 3.50. The molecule has 1 aliphatic heterocycles. The number of anilines is 1. The summed E-state index contributed by atoms with van der Waals surface area (Å²) >= 11 is 0. The fourth-order valence-corrected chi connectivity index (χ4v) is 3.00. The van der Waals surface area contributed by atoms with E-state index in [1.165, 1.54) is 19.3 Å². The topological polar surface area (TPSA) is 62.4 Å². The lowest BCUT2D eigenvalue weighted by Crippen LogP contribution is -2.20. The molecule has 0 bridgehead atoms. The molecule has 2 heterocycles. The molecule has 0 spiro atoms. The molecule has 5 heteroatoms. The second-order valence-electron chi connectivity index (χ2n) is 5.44. The average Bonchev–Trinajstić information content (AvgIpc) is 3.00. The molecule has 100 valence electrons. The molecular formula is C13H21N3O2. The molecule has 1 saturated carbocycles. The molecule has 5 nitrogen and oxygen atoms in total. The zero-order valence-electron chi connectivity index (χ0n) is 10.7. The minimum absolute atomic E-state index is 0.0383. The summed E-state index contributed by atoms with van der Waals surface area (Å²) in [7, 11) is 0. The van der Waals surface area contributed by atoms with Crippen LogP contribution >= 0.6 is 0 Å². The Hall–Kier alpha value is -1.10. The molecule has 0 amide bonds. The molecular weight excluding hydrogens is 230 g/mol. The average molecular weight is 251 g/mol. The lowest BCUT2D eigenvalue weighted by Gasteiger charge is -2.15. The van der Waals surface area contributed by atoms with Gasteiger partial charge in [-0.05, 0) is 30.8 Å². The van der Waals surface area contributed by atoms with Gasteiger partial charge in [-0.15, -0.1) is 0 Å². The summed E-state index contributed by atoms with van der Waals surface area (Å²) in [6, 6.07) is 0. The van der Waals surface area contributed by atoms with E-state index in [0.717, 1.165) is 38.8 Å². The molecule has 18 heavy (non-hydrogen) atoms. The Morgan fingerprint density at radius 2 is 1.83 bits per heavy atom. The molecule has 1 aromatic heterocycles. The van der Waals surface area contributed by atoms with Gasteiger partial charge < -0.3 is 14.5 Å². The van der Waals surface area contributed by atoms with Crippen LogP contribution in [0.3, 0.4) is 0 Å². The highest BCUT2D eigenvalue weighted by Crippen LogP contribution is 2.32. The SMILES string of the molecule is OC1CCCCCC1c1nc(N2CCCC2)no1. The third-order valence-electron chi connectivity index (χ3n) is 4.12. The first-order valence-corrected chi connectivity index (χ1v) is 7.11. The van der Waals surface area contributed by atoms with Crippen molar-refractivity contribution in [3.05, 3.63) is 5.89 Å². The minimum Gasteiger partial charge on any atom is -0.392 e. The van der Waals surface area contributed by atoms with Crippen LogP contribution in [0.1, 0.15) is 56.8 Å². The minimum atomic E-state index is -0.320. The fourth-order valence-electron chi connectivity index (χ4n) is 3.00. The Bertz CT molecular complexity index is 387. The molecule has 1 aliphatic carbocycles. The summed E-state index contributed by atoms with van der Waals surface area (Å²) in [6.45, 7) is 2.04. The van der Waals surface area contributed by atoms with Gasteiger partial charge in [0.25, 0.3) is 5.95 Å². The van der Waals surface area contributed by atoms with Gasteiger partial charge in [-0.2, -0.15) is 4.98 Å². The van der Waals surface area contributed by atoms with Crippen molar-refractivity contribution in [1.82, 2.24) is 10.1 Å². The number of hydrogen-bond donors (Lipinski definition) is 1. The molecule has 2 atom stereocenters. The van der Waals surface area contributed by atoms with Gasteiger partial charge in [0.05, 0.1) is 12.0 Å². The maximum absolute atomic E-state index is 10.1. The van der Waals surface area contributed by atoms with Crippen molar-refractivity contribution in [1.29, 1.82) is 0 Å². The van der Waals surface area contributed by atoms with Gasteiger partial charge in [0.15, 0.2) is 0 Å². The second kappa shape index (κ2) is 5.26. The zero-order chi connectivity index (χ0) is 12.4. The molecule has 1 aromatic rings. The third-order valence-corrected chi connectivity index (χ3v) is 4.12. The first-order chi connectivity index (χ1) is 8.84. The van der Waals surface area contributed by atoms with Gasteiger partial charge in [-0.1, -0.05) is 19.3 Å². The van der Waals surface area contributed by atoms with Crippen LogP contribution in [-0.2, 0) is 0 Å². The summed E-state index contributed by atoms with van der Waals surface area (Å²) in [6.07, 6.45) is 7.34. The van der Waals surface area contributed by atoms with Crippen molar-refractivity contribution >= 4 is 5.95 Å². The van der Waals surface area contributed by atoms with Crippen LogP contribution in [-0.4, -0.2) is 34.4 Å². The third kappa shape index (κ3) is 2.36. The van der Waals surface area contributed by atoms with E-state index in [4.69, 9.17) is 4.52 Å². The Morgan fingerprint density at radius 3 is 2.67 bits per heavy atom. The summed E-state index contributed by atoms with van der Waals surface area (Å²) in [5, 5.41) is 14.2. The first-order valence-electron chi connectivity index (χ1n) is 7.11. The maximum atomic E-state index is 10.1. The summed E-state index contributed by atoms with van der Waals surface area (Å²) in [5.74, 6) is 1.38. The quantitative estimate of drug-likeness (QED) is 0.815. The van der Waals surface area contributed by atoms with Crippen LogP contribution in [0.25, 0.3) is 0 Å². The van der Waals surface area contributed by atoms with E-state index in [1.54, 1.807) is 0 Å². The highest BCUT2D eigenvalue weighted by molar-refractivity contribution is 5.29. The molecule has 2 fully saturated rings. The maximum Gasteiger partial charge on any atom is 0.266 e. The van der Waals surface area contributed by atoms with Crippen LogP contribution in [0.5, 0.6) is 0 Å². The van der Waals surface area contributed by atoms with E-state index < -0.39 is 0 Å². The van der Waals surface area contributed by atoms with Crippen molar-refractivity contribution in [2.75, 3.05) is 18.0 Å². The van der Waals surface area contributed by atoms with Gasteiger partial charge >= 0.3 is 0 Å². The van der Waals surface area contributed by atoms with Crippen molar-refractivity contribution in [2.24, 2.45) is 0 Å². The van der Waals surface area contributed by atoms with Crippen molar-refractivity contribution in [3.63, 3.8) is 0 Å². The van der Waals surface area contributed by atoms with Gasteiger partial charge in [-0.25, -0.2) is 0 Å². The number of hydrogen-bond acceptors (Lipinski definition) is 5. The second-order valence-corrected chi connectivity index (χ2v) is 5.44. The van der Waals surface area contributed by atoms with Crippen molar-refractivity contribution in [3.8, 4) is 0 Å². The zero-order valence-corrected chi connectivity index (χ0v) is 10.7. The largest absolute Gasteiger partial charge is 0.392 e. The van der Waals surface area contributed by atoms with E-state index in [1.807, 2.05) is 0 Å². The lowest BCUT2D eigenvalue weighted by atomic mass is 9.97. The highest BCUT2D eigenvalue weighted by atomic mass is 16.5. The number of aliphatic hydroxyl groups is 1. The predicted octanol–water partition coefficient (Wildman–Crippen LogP) is 2.08. The molecule has 2 aliphatic rings. The Morgan fingerprint density at radius 1 is 1.06 bits per heavy atom. The monoisotopic (exact) mass is 251 g/mol. The molecule has 0 aromatic carbocycles. The van der Waals surface area contributed by atoms with Crippen LogP contribution in [0, 0.1) is 0 Å². The van der Waals surface area contributed by atoms with E-state index in [2.05, 4.69) is 15.0 Å². The van der Waals surface area contributed by atoms with Gasteiger partial charge in [-0.3, -0.25) is 0 Å². The highest BCUT2D eigenvalue weighted by Gasteiger charge is 2.29. The van der Waals surface area contributed by atoms with Gasteiger partial charge in [0.1, 0.15) is 0 Å². The van der Waals surface area contributed by atoms with Gasteiger partial charge in [0, 0.05) is 13.1 Å². The lowest BCUT2D eigenvalue weighted by molar-refractivity contribution is 0.119. The Labute approximate surface area is 107 Å². The molecule has 2 unspecified atom stereocenters. The Balaban J connectivity index is 1.74. The number of rotatable bonds is 2.